The molecule has 4 aromatic heterocycles. The molecule has 3 N–H and O–H groups in total. The number of fused-ring (bicyclic) bond motifs is 3. The molecule has 8 nitrogen and oxygen atoms in total. The Hall–Kier alpha value is -3.95. The second-order valence-electron chi connectivity index (χ2n) is 6.42. The summed E-state index contributed by atoms with van der Waals surface area (Å²) in [5.74, 6) is -0.116. The molecule has 0 saturated carbocycles. The molecular weight excluding hydrogens is 380 g/mol. The maximum Gasteiger partial charge on any atom is 0.225 e. The van der Waals surface area contributed by atoms with Crippen LogP contribution >= 0.6 is 0 Å². The molecule has 0 unspecified atom stereocenters. The van der Waals surface area contributed by atoms with Crippen molar-refractivity contribution in [2.75, 3.05) is 17.6 Å². The molecule has 0 saturated heterocycles. The summed E-state index contributed by atoms with van der Waals surface area (Å²) < 4.78 is 35.5. The summed E-state index contributed by atoms with van der Waals surface area (Å²) in [6.45, 7) is 0.894. The van der Waals surface area contributed by atoms with Crippen molar-refractivity contribution in [3.8, 4) is 11.6 Å². The first kappa shape index (κ1) is 17.2. The summed E-state index contributed by atoms with van der Waals surface area (Å²) >= 11 is 0. The number of halogens is 2. The first-order chi connectivity index (χ1) is 14.1. The van der Waals surface area contributed by atoms with Crippen molar-refractivity contribution in [2.24, 2.45) is 0 Å². The van der Waals surface area contributed by atoms with E-state index >= 15 is 0 Å². The lowest BCUT2D eigenvalue weighted by Gasteiger charge is -2.09. The molecule has 0 aliphatic heterocycles. The molecule has 0 spiro atoms. The van der Waals surface area contributed by atoms with Crippen molar-refractivity contribution < 1.29 is 13.2 Å². The highest BCUT2D eigenvalue weighted by Crippen LogP contribution is 2.24. The summed E-state index contributed by atoms with van der Waals surface area (Å²) in [7, 11) is 0. The van der Waals surface area contributed by atoms with Crippen LogP contribution in [0.2, 0.25) is 0 Å². The monoisotopic (exact) mass is 395 g/mol. The number of benzene rings is 1. The van der Waals surface area contributed by atoms with Crippen LogP contribution in [0.15, 0.2) is 53.3 Å². The molecule has 4 heterocycles. The topological polar surface area (TPSA) is 99.2 Å². The smallest absolute Gasteiger partial charge is 0.225 e. The van der Waals surface area contributed by atoms with Gasteiger partial charge in [-0.05, 0) is 30.3 Å². The molecule has 0 radical (unpaired) electrons. The average molecular weight is 395 g/mol. The molecule has 0 aliphatic carbocycles. The van der Waals surface area contributed by atoms with Gasteiger partial charge in [-0.3, -0.25) is 0 Å². The Morgan fingerprint density at radius 1 is 1.10 bits per heavy atom. The average Bonchev–Trinajstić information content (AvgIpc) is 3.42. The molecule has 0 amide bonds. The van der Waals surface area contributed by atoms with Gasteiger partial charge in [0.2, 0.25) is 11.8 Å². The molecule has 0 fully saturated rings. The number of aromatic nitrogens is 5. The van der Waals surface area contributed by atoms with Gasteiger partial charge in [0.25, 0.3) is 0 Å². The van der Waals surface area contributed by atoms with Crippen molar-refractivity contribution in [2.45, 2.75) is 6.54 Å². The SMILES string of the molecule is Nc1nc2c(ccn2CCNc2ccc(F)cc2F)c2nc(-c3ccco3)nn12. The molecular formula is C19H15F2N7O. The normalized spacial score (nSPS) is 11.5. The third-order valence-corrected chi connectivity index (χ3v) is 4.56. The Bertz CT molecular complexity index is 1320. The van der Waals surface area contributed by atoms with Gasteiger partial charge in [0.15, 0.2) is 11.4 Å². The van der Waals surface area contributed by atoms with Gasteiger partial charge in [-0.1, -0.05) is 0 Å². The zero-order valence-corrected chi connectivity index (χ0v) is 15.0. The van der Waals surface area contributed by atoms with E-state index in [2.05, 4.69) is 20.4 Å². The van der Waals surface area contributed by atoms with Crippen LogP contribution in [-0.4, -0.2) is 30.7 Å². The number of hydrogen-bond acceptors (Lipinski definition) is 6. The van der Waals surface area contributed by atoms with E-state index in [0.29, 0.717) is 36.0 Å². The van der Waals surface area contributed by atoms with Crippen molar-refractivity contribution in [1.82, 2.24) is 24.1 Å². The van der Waals surface area contributed by atoms with Crippen LogP contribution in [0.3, 0.4) is 0 Å². The number of anilines is 2. The number of nitrogens with zero attached hydrogens (tertiary/aromatic N) is 5. The number of nitrogens with two attached hydrogens (primary N) is 1. The third-order valence-electron chi connectivity index (χ3n) is 4.56. The second-order valence-corrected chi connectivity index (χ2v) is 6.42. The van der Waals surface area contributed by atoms with Gasteiger partial charge < -0.3 is 20.0 Å². The molecule has 29 heavy (non-hydrogen) atoms. The predicted octanol–water partition coefficient (Wildman–Crippen LogP) is 3.31. The first-order valence-electron chi connectivity index (χ1n) is 8.84. The van der Waals surface area contributed by atoms with Gasteiger partial charge in [0, 0.05) is 25.4 Å². The minimum atomic E-state index is -0.639. The third kappa shape index (κ3) is 2.94. The van der Waals surface area contributed by atoms with Gasteiger partial charge in [-0.15, -0.1) is 5.10 Å². The fourth-order valence-electron chi connectivity index (χ4n) is 3.20. The Balaban J connectivity index is 1.44. The van der Waals surface area contributed by atoms with E-state index in [1.165, 1.54) is 16.6 Å². The molecule has 0 bridgehead atoms. The zero-order valence-electron chi connectivity index (χ0n) is 15.0. The summed E-state index contributed by atoms with van der Waals surface area (Å²) in [6, 6.07) is 8.80. The summed E-state index contributed by atoms with van der Waals surface area (Å²) in [5.41, 5.74) is 7.51. The predicted molar refractivity (Wildman–Crippen MR) is 103 cm³/mol. The second kappa shape index (κ2) is 6.59. The molecule has 146 valence electrons. The highest BCUT2D eigenvalue weighted by Gasteiger charge is 2.16. The van der Waals surface area contributed by atoms with Gasteiger partial charge in [-0.25, -0.2) is 13.8 Å². The van der Waals surface area contributed by atoms with E-state index < -0.39 is 11.6 Å². The zero-order chi connectivity index (χ0) is 20.0. The number of nitrogens with one attached hydrogen (secondary N) is 1. The van der Waals surface area contributed by atoms with Gasteiger partial charge in [0.1, 0.15) is 17.3 Å². The van der Waals surface area contributed by atoms with Gasteiger partial charge in [-0.2, -0.15) is 9.50 Å². The minimum Gasteiger partial charge on any atom is -0.461 e. The fourth-order valence-corrected chi connectivity index (χ4v) is 3.20. The fraction of sp³-hybridized carbons (Fsp3) is 0.105. The minimum absolute atomic E-state index is 0.190. The molecule has 5 rings (SSSR count). The maximum absolute atomic E-state index is 13.8. The molecule has 0 aliphatic rings. The van der Waals surface area contributed by atoms with E-state index in [9.17, 15) is 8.78 Å². The van der Waals surface area contributed by atoms with Crippen LogP contribution in [0.5, 0.6) is 0 Å². The Morgan fingerprint density at radius 3 is 2.79 bits per heavy atom. The standard InChI is InChI=1S/C19H15F2N7O/c20-11-3-4-14(13(21)10-11)23-6-8-27-7-5-12-17(27)25-19(22)28-18(12)24-16(26-28)15-2-1-9-29-15/h1-5,7,9-10,23H,6,8H2,(H2,22,25). The summed E-state index contributed by atoms with van der Waals surface area (Å²) in [5, 5.41) is 8.09. The van der Waals surface area contributed by atoms with Crippen molar-refractivity contribution in [3.63, 3.8) is 0 Å². The lowest BCUT2D eigenvalue weighted by Crippen LogP contribution is -2.12. The molecule has 1 aromatic carbocycles. The number of hydrogen-bond donors (Lipinski definition) is 2. The number of rotatable bonds is 5. The maximum atomic E-state index is 13.8. The van der Waals surface area contributed by atoms with Gasteiger partial charge >= 0.3 is 0 Å². The van der Waals surface area contributed by atoms with Crippen LogP contribution < -0.4 is 11.1 Å². The van der Waals surface area contributed by atoms with Crippen molar-refractivity contribution in [3.05, 3.63) is 60.5 Å². The van der Waals surface area contributed by atoms with Crippen LogP contribution in [0.25, 0.3) is 28.3 Å². The highest BCUT2D eigenvalue weighted by atomic mass is 19.1. The van der Waals surface area contributed by atoms with Crippen molar-refractivity contribution >= 4 is 28.3 Å². The molecule has 0 atom stereocenters. The lowest BCUT2D eigenvalue weighted by atomic mass is 10.3. The number of furan rings is 1. The first-order valence-corrected chi connectivity index (χ1v) is 8.84. The Labute approximate surface area is 162 Å². The van der Waals surface area contributed by atoms with Crippen molar-refractivity contribution in [1.29, 1.82) is 0 Å². The largest absolute Gasteiger partial charge is 0.461 e. The van der Waals surface area contributed by atoms with E-state index in [-0.39, 0.29) is 11.6 Å². The molecule has 10 heteroatoms. The number of nitrogen functional groups attached to an aromatic ring is 1. The van der Waals surface area contributed by atoms with E-state index in [1.54, 1.807) is 18.4 Å². The van der Waals surface area contributed by atoms with E-state index in [4.69, 9.17) is 10.2 Å². The van der Waals surface area contributed by atoms with Crippen LogP contribution in [0.4, 0.5) is 20.4 Å². The lowest BCUT2D eigenvalue weighted by molar-refractivity contribution is 0.577. The Morgan fingerprint density at radius 2 is 2.00 bits per heavy atom. The molecule has 5 aromatic rings. The van der Waals surface area contributed by atoms with Crippen LogP contribution in [0.1, 0.15) is 0 Å². The van der Waals surface area contributed by atoms with Crippen LogP contribution in [-0.2, 0) is 6.54 Å². The van der Waals surface area contributed by atoms with Gasteiger partial charge in [0.05, 0.1) is 17.3 Å². The van der Waals surface area contributed by atoms with E-state index in [1.807, 2.05) is 16.8 Å². The Kier molecular flexibility index (Phi) is 3.90. The highest BCUT2D eigenvalue weighted by molar-refractivity contribution is 5.91. The summed E-state index contributed by atoms with van der Waals surface area (Å²) in [4.78, 5) is 8.96. The summed E-state index contributed by atoms with van der Waals surface area (Å²) in [6.07, 6.45) is 3.40. The van der Waals surface area contributed by atoms with Crippen LogP contribution in [0, 0.1) is 11.6 Å². The van der Waals surface area contributed by atoms with E-state index in [0.717, 1.165) is 11.5 Å². The quantitative estimate of drug-likeness (QED) is 0.474.